The van der Waals surface area contributed by atoms with E-state index < -0.39 is 0 Å². The van der Waals surface area contributed by atoms with Crippen LogP contribution in [-0.4, -0.2) is 27.8 Å². The SMILES string of the molecule is NC(COC1CCC1)c1noc(-c2cncc(Br)c2)n1. The summed E-state index contributed by atoms with van der Waals surface area (Å²) >= 11 is 3.35. The molecule has 2 aromatic heterocycles. The van der Waals surface area contributed by atoms with Gasteiger partial charge in [-0.15, -0.1) is 0 Å². The van der Waals surface area contributed by atoms with E-state index >= 15 is 0 Å². The maximum absolute atomic E-state index is 6.01. The molecule has 1 aliphatic rings. The van der Waals surface area contributed by atoms with Crippen molar-refractivity contribution in [1.82, 2.24) is 15.1 Å². The summed E-state index contributed by atoms with van der Waals surface area (Å²) in [6.07, 6.45) is 7.18. The molecule has 1 atom stereocenters. The van der Waals surface area contributed by atoms with Gasteiger partial charge in [-0.25, -0.2) is 0 Å². The first-order chi connectivity index (χ1) is 9.72. The molecule has 6 nitrogen and oxygen atoms in total. The van der Waals surface area contributed by atoms with Gasteiger partial charge < -0.3 is 15.0 Å². The summed E-state index contributed by atoms with van der Waals surface area (Å²) in [5.74, 6) is 0.868. The Labute approximate surface area is 124 Å². The monoisotopic (exact) mass is 338 g/mol. The van der Waals surface area contributed by atoms with E-state index in [0.717, 1.165) is 22.9 Å². The average Bonchev–Trinajstić information content (AvgIpc) is 2.86. The molecule has 1 unspecified atom stereocenters. The van der Waals surface area contributed by atoms with Crippen LogP contribution in [0.15, 0.2) is 27.5 Å². The highest BCUT2D eigenvalue weighted by atomic mass is 79.9. The molecule has 2 heterocycles. The molecule has 0 spiro atoms. The molecule has 0 radical (unpaired) electrons. The smallest absolute Gasteiger partial charge is 0.259 e. The van der Waals surface area contributed by atoms with Crippen molar-refractivity contribution in [2.24, 2.45) is 5.73 Å². The van der Waals surface area contributed by atoms with Gasteiger partial charge in [0.2, 0.25) is 0 Å². The third kappa shape index (κ3) is 3.05. The quantitative estimate of drug-likeness (QED) is 0.900. The summed E-state index contributed by atoms with van der Waals surface area (Å²) < 4.78 is 11.7. The van der Waals surface area contributed by atoms with Crippen molar-refractivity contribution < 1.29 is 9.26 Å². The Morgan fingerprint density at radius 2 is 2.30 bits per heavy atom. The normalized spacial score (nSPS) is 16.9. The van der Waals surface area contributed by atoms with E-state index in [-0.39, 0.29) is 6.04 Å². The first-order valence-corrected chi connectivity index (χ1v) is 7.33. The maximum Gasteiger partial charge on any atom is 0.259 e. The van der Waals surface area contributed by atoms with Crippen molar-refractivity contribution in [1.29, 1.82) is 0 Å². The average molecular weight is 339 g/mol. The Morgan fingerprint density at radius 1 is 1.45 bits per heavy atom. The number of nitrogens with two attached hydrogens (primary N) is 1. The van der Waals surface area contributed by atoms with E-state index in [0.29, 0.717) is 24.4 Å². The molecule has 2 N–H and O–H groups in total. The van der Waals surface area contributed by atoms with Gasteiger partial charge in [-0.05, 0) is 41.3 Å². The van der Waals surface area contributed by atoms with Gasteiger partial charge in [0.05, 0.1) is 24.3 Å². The zero-order valence-electron chi connectivity index (χ0n) is 10.8. The minimum absolute atomic E-state index is 0.349. The Balaban J connectivity index is 1.66. The highest BCUT2D eigenvalue weighted by Gasteiger charge is 2.21. The first-order valence-electron chi connectivity index (χ1n) is 6.54. The molecule has 0 saturated heterocycles. The van der Waals surface area contributed by atoms with Crippen molar-refractivity contribution in [3.63, 3.8) is 0 Å². The number of halogens is 1. The lowest BCUT2D eigenvalue weighted by atomic mass is 9.96. The van der Waals surface area contributed by atoms with E-state index in [2.05, 4.69) is 31.1 Å². The van der Waals surface area contributed by atoms with E-state index in [9.17, 15) is 0 Å². The fraction of sp³-hybridized carbons (Fsp3) is 0.462. The maximum atomic E-state index is 6.01. The van der Waals surface area contributed by atoms with Crippen LogP contribution in [0.4, 0.5) is 0 Å². The fourth-order valence-electron chi connectivity index (χ4n) is 1.88. The highest BCUT2D eigenvalue weighted by Crippen LogP contribution is 2.24. The molecule has 106 valence electrons. The molecule has 3 rings (SSSR count). The molecule has 2 aromatic rings. The lowest BCUT2D eigenvalue weighted by Crippen LogP contribution is -2.27. The van der Waals surface area contributed by atoms with Gasteiger partial charge >= 0.3 is 0 Å². The van der Waals surface area contributed by atoms with Crippen molar-refractivity contribution >= 4 is 15.9 Å². The number of pyridine rings is 1. The Morgan fingerprint density at radius 3 is 3.00 bits per heavy atom. The van der Waals surface area contributed by atoms with Crippen LogP contribution in [0.1, 0.15) is 31.1 Å². The molecule has 0 amide bonds. The van der Waals surface area contributed by atoms with Crippen LogP contribution < -0.4 is 5.73 Å². The van der Waals surface area contributed by atoms with Gasteiger partial charge in [-0.3, -0.25) is 4.98 Å². The number of nitrogens with zero attached hydrogens (tertiary/aromatic N) is 3. The van der Waals surface area contributed by atoms with E-state index in [1.165, 1.54) is 6.42 Å². The van der Waals surface area contributed by atoms with Crippen LogP contribution in [-0.2, 0) is 4.74 Å². The van der Waals surface area contributed by atoms with Crippen LogP contribution in [0.25, 0.3) is 11.5 Å². The summed E-state index contributed by atoms with van der Waals surface area (Å²) in [7, 11) is 0. The summed E-state index contributed by atoms with van der Waals surface area (Å²) in [6, 6.07) is 1.49. The Bertz CT molecular complexity index is 585. The molecule has 0 aliphatic heterocycles. The third-order valence-corrected chi connectivity index (χ3v) is 3.72. The first kappa shape index (κ1) is 13.7. The molecule has 0 aromatic carbocycles. The van der Waals surface area contributed by atoms with E-state index in [1.807, 2.05) is 6.07 Å². The number of hydrogen-bond acceptors (Lipinski definition) is 6. The molecular formula is C13H15BrN4O2. The van der Waals surface area contributed by atoms with Crippen LogP contribution in [0, 0.1) is 0 Å². The minimum atomic E-state index is -0.367. The predicted octanol–water partition coefficient (Wildman–Crippen LogP) is 2.46. The number of ether oxygens (including phenoxy) is 1. The standard InChI is InChI=1S/C13H15BrN4O2/c14-9-4-8(5-16-6-9)13-17-12(18-20-13)11(15)7-19-10-2-1-3-10/h4-6,10-11H,1-3,7,15H2. The molecule has 7 heteroatoms. The molecule has 0 bridgehead atoms. The number of aromatic nitrogens is 3. The van der Waals surface area contributed by atoms with Crippen molar-refractivity contribution in [3.8, 4) is 11.5 Å². The van der Waals surface area contributed by atoms with Gasteiger partial charge in [-0.1, -0.05) is 5.16 Å². The van der Waals surface area contributed by atoms with Gasteiger partial charge in [0.25, 0.3) is 5.89 Å². The summed E-state index contributed by atoms with van der Waals surface area (Å²) in [4.78, 5) is 8.36. The second-order valence-electron chi connectivity index (χ2n) is 4.84. The van der Waals surface area contributed by atoms with E-state index in [1.54, 1.807) is 12.4 Å². The molecule has 1 fully saturated rings. The largest absolute Gasteiger partial charge is 0.376 e. The van der Waals surface area contributed by atoms with Crippen LogP contribution in [0.3, 0.4) is 0 Å². The summed E-state index contributed by atoms with van der Waals surface area (Å²) in [6.45, 7) is 0.417. The Kier molecular flexibility index (Phi) is 4.09. The second kappa shape index (κ2) is 5.99. The summed E-state index contributed by atoms with van der Waals surface area (Å²) in [5.41, 5.74) is 6.76. The fourth-order valence-corrected chi connectivity index (χ4v) is 2.25. The lowest BCUT2D eigenvalue weighted by molar-refractivity contribution is -0.00549. The molecule has 20 heavy (non-hydrogen) atoms. The summed E-state index contributed by atoms with van der Waals surface area (Å²) in [5, 5.41) is 3.91. The molecule has 1 aliphatic carbocycles. The molecular weight excluding hydrogens is 324 g/mol. The van der Waals surface area contributed by atoms with Crippen molar-refractivity contribution in [2.75, 3.05) is 6.61 Å². The topological polar surface area (TPSA) is 87.1 Å². The number of rotatable bonds is 5. The van der Waals surface area contributed by atoms with Crippen LogP contribution in [0.2, 0.25) is 0 Å². The third-order valence-electron chi connectivity index (χ3n) is 3.29. The Hall–Kier alpha value is -1.31. The van der Waals surface area contributed by atoms with Gasteiger partial charge in [0.15, 0.2) is 5.82 Å². The second-order valence-corrected chi connectivity index (χ2v) is 5.76. The zero-order chi connectivity index (χ0) is 13.9. The van der Waals surface area contributed by atoms with Gasteiger partial charge in [-0.2, -0.15) is 4.98 Å². The van der Waals surface area contributed by atoms with Gasteiger partial charge in [0.1, 0.15) is 0 Å². The van der Waals surface area contributed by atoms with Gasteiger partial charge in [0, 0.05) is 16.9 Å². The predicted molar refractivity (Wildman–Crippen MR) is 75.7 cm³/mol. The van der Waals surface area contributed by atoms with Crippen molar-refractivity contribution in [3.05, 3.63) is 28.8 Å². The highest BCUT2D eigenvalue weighted by molar-refractivity contribution is 9.10. The van der Waals surface area contributed by atoms with Crippen molar-refractivity contribution in [2.45, 2.75) is 31.4 Å². The zero-order valence-corrected chi connectivity index (χ0v) is 12.4. The van der Waals surface area contributed by atoms with Crippen LogP contribution >= 0.6 is 15.9 Å². The van der Waals surface area contributed by atoms with Crippen LogP contribution in [0.5, 0.6) is 0 Å². The van der Waals surface area contributed by atoms with E-state index in [4.69, 9.17) is 15.0 Å². The lowest BCUT2D eigenvalue weighted by Gasteiger charge is -2.26. The minimum Gasteiger partial charge on any atom is -0.376 e. The molecule has 1 saturated carbocycles. The number of hydrogen-bond donors (Lipinski definition) is 1.